The molecule has 282 valence electrons. The number of ketones is 1. The van der Waals surface area contributed by atoms with E-state index in [-0.39, 0.29) is 47.4 Å². The summed E-state index contributed by atoms with van der Waals surface area (Å²) in [5.41, 5.74) is -1.17. The molecule has 52 heavy (non-hydrogen) atoms. The van der Waals surface area contributed by atoms with Crippen LogP contribution in [0.15, 0.2) is 31.1 Å². The van der Waals surface area contributed by atoms with Crippen molar-refractivity contribution in [1.29, 1.82) is 0 Å². The summed E-state index contributed by atoms with van der Waals surface area (Å²) in [4.78, 5) is 101. The normalized spacial score (nSPS) is 23.5. The number of hydrogen-bond acceptors (Lipinski definition) is 8. The fraction of sp³-hybridized carbons (Fsp3) is 0.632. The second kappa shape index (κ2) is 14.1. The third-order valence-electron chi connectivity index (χ3n) is 11.2. The number of pyridine rings is 1. The lowest BCUT2D eigenvalue weighted by atomic mass is 9.85. The van der Waals surface area contributed by atoms with Crippen molar-refractivity contribution in [3.8, 4) is 0 Å². The lowest BCUT2D eigenvalue weighted by Gasteiger charge is -2.39. The Bertz CT molecular complexity index is 1640. The molecule has 1 aromatic heterocycles. The number of aromatic nitrogens is 1. The summed E-state index contributed by atoms with van der Waals surface area (Å²) >= 11 is 0. The van der Waals surface area contributed by atoms with Gasteiger partial charge in [0.2, 0.25) is 17.6 Å². The van der Waals surface area contributed by atoms with Crippen molar-refractivity contribution >= 4 is 41.4 Å². The van der Waals surface area contributed by atoms with Crippen LogP contribution in [-0.2, 0) is 19.2 Å². The molecule has 1 aromatic rings. The maximum Gasteiger partial charge on any atom is 0.315 e. The van der Waals surface area contributed by atoms with E-state index in [9.17, 15) is 33.6 Å². The SMILES string of the molecule is C=CCNC(=O)C(=O)C(CC1CC1)NC(=O)[C@@H]1[C@@H]2[C@H](CN1C(=O)[C@@H](NC(=O)N[C@H](CN1C(=O)c3ccncc3C1=O)C(C)(C)C)C(C)(C)C)C2(C)C. The second-order valence-electron chi connectivity index (χ2n) is 17.5. The van der Waals surface area contributed by atoms with Crippen LogP contribution >= 0.6 is 0 Å². The Hall–Kier alpha value is -4.62. The van der Waals surface area contributed by atoms with Gasteiger partial charge in [0, 0.05) is 25.5 Å². The van der Waals surface area contributed by atoms with Crippen molar-refractivity contribution in [2.75, 3.05) is 19.6 Å². The summed E-state index contributed by atoms with van der Waals surface area (Å²) in [7, 11) is 0. The Morgan fingerprint density at radius 3 is 2.21 bits per heavy atom. The third kappa shape index (κ3) is 7.75. The predicted molar refractivity (Wildman–Crippen MR) is 192 cm³/mol. The molecule has 4 N–H and O–H groups in total. The van der Waals surface area contributed by atoms with E-state index in [2.05, 4.69) is 32.8 Å². The third-order valence-corrected chi connectivity index (χ3v) is 11.2. The Morgan fingerprint density at radius 1 is 0.981 bits per heavy atom. The molecule has 5 rings (SSSR count). The summed E-state index contributed by atoms with van der Waals surface area (Å²) in [6.07, 6.45) is 6.42. The van der Waals surface area contributed by atoms with Crippen molar-refractivity contribution in [3.05, 3.63) is 42.2 Å². The highest BCUT2D eigenvalue weighted by Gasteiger charge is 2.70. The molecule has 14 nitrogen and oxygen atoms in total. The smallest absolute Gasteiger partial charge is 0.315 e. The van der Waals surface area contributed by atoms with Gasteiger partial charge in [-0.1, -0.05) is 74.3 Å². The number of amides is 7. The summed E-state index contributed by atoms with van der Waals surface area (Å²) in [6.45, 7) is 19.0. The van der Waals surface area contributed by atoms with Crippen molar-refractivity contribution in [2.45, 2.75) is 98.8 Å². The topological polar surface area (TPSA) is 187 Å². The molecule has 14 heteroatoms. The summed E-state index contributed by atoms with van der Waals surface area (Å²) in [5, 5.41) is 11.1. The van der Waals surface area contributed by atoms with Gasteiger partial charge >= 0.3 is 6.03 Å². The molecule has 2 aliphatic carbocycles. The van der Waals surface area contributed by atoms with Crippen molar-refractivity contribution < 1.29 is 33.6 Å². The van der Waals surface area contributed by atoms with Crippen molar-refractivity contribution in [3.63, 3.8) is 0 Å². The molecule has 0 bridgehead atoms. The van der Waals surface area contributed by atoms with Crippen LogP contribution in [-0.4, -0.2) is 99.9 Å². The molecule has 3 heterocycles. The monoisotopic (exact) mass is 719 g/mol. The van der Waals surface area contributed by atoms with E-state index in [1.807, 2.05) is 55.4 Å². The average Bonchev–Trinajstić information content (AvgIpc) is 3.89. The Kier molecular flexibility index (Phi) is 10.4. The number of imide groups is 1. The first-order valence-electron chi connectivity index (χ1n) is 18.1. The molecule has 3 fully saturated rings. The fourth-order valence-corrected chi connectivity index (χ4v) is 7.56. The number of Topliss-reactive ketones (excluding diaryl/α,β-unsaturated/α-hetero) is 1. The highest BCUT2D eigenvalue weighted by molar-refractivity contribution is 6.38. The number of hydrogen-bond donors (Lipinski definition) is 4. The maximum atomic E-state index is 14.5. The first-order chi connectivity index (χ1) is 24.2. The minimum atomic E-state index is -1.07. The van der Waals surface area contributed by atoms with E-state index < -0.39 is 76.3 Å². The molecular weight excluding hydrogens is 666 g/mol. The predicted octanol–water partition coefficient (Wildman–Crippen LogP) is 2.45. The Balaban J connectivity index is 1.32. The van der Waals surface area contributed by atoms with Crippen LogP contribution in [0.25, 0.3) is 0 Å². The fourth-order valence-electron chi connectivity index (χ4n) is 7.56. The molecule has 4 aliphatic rings. The molecular formula is C38H53N7O7. The van der Waals surface area contributed by atoms with Crippen LogP contribution in [0.3, 0.4) is 0 Å². The van der Waals surface area contributed by atoms with Gasteiger partial charge in [0.1, 0.15) is 12.1 Å². The van der Waals surface area contributed by atoms with Gasteiger partial charge in [-0.2, -0.15) is 0 Å². The molecule has 2 saturated carbocycles. The Labute approximate surface area is 305 Å². The average molecular weight is 720 g/mol. The minimum Gasteiger partial charge on any atom is -0.346 e. The van der Waals surface area contributed by atoms with E-state index in [1.54, 1.807) is 0 Å². The summed E-state index contributed by atoms with van der Waals surface area (Å²) in [5.74, 6) is -3.35. The van der Waals surface area contributed by atoms with Gasteiger partial charge in [-0.25, -0.2) is 4.79 Å². The molecule has 7 amide bonds. The number of rotatable bonds is 13. The van der Waals surface area contributed by atoms with E-state index in [1.165, 1.54) is 29.4 Å². The van der Waals surface area contributed by atoms with Crippen molar-refractivity contribution in [2.24, 2.45) is 34.0 Å². The Morgan fingerprint density at radius 2 is 1.63 bits per heavy atom. The van der Waals surface area contributed by atoms with Gasteiger partial charge < -0.3 is 26.2 Å². The number of fused-ring (bicyclic) bond motifs is 2. The van der Waals surface area contributed by atoms with Crippen LogP contribution in [0.4, 0.5) is 4.79 Å². The number of carbonyl (C=O) groups is 7. The summed E-state index contributed by atoms with van der Waals surface area (Å²) < 4.78 is 0. The molecule has 0 aromatic carbocycles. The van der Waals surface area contributed by atoms with Crippen LogP contribution < -0.4 is 21.3 Å². The number of nitrogens with one attached hydrogen (secondary N) is 4. The first-order valence-corrected chi connectivity index (χ1v) is 18.1. The highest BCUT2D eigenvalue weighted by atomic mass is 16.2. The summed E-state index contributed by atoms with van der Waals surface area (Å²) in [6, 6.07) is -2.87. The van der Waals surface area contributed by atoms with E-state index in [0.29, 0.717) is 13.0 Å². The zero-order chi connectivity index (χ0) is 38.5. The lowest BCUT2D eigenvalue weighted by Crippen LogP contribution is -2.63. The van der Waals surface area contributed by atoms with Gasteiger partial charge in [0.15, 0.2) is 0 Å². The van der Waals surface area contributed by atoms with E-state index >= 15 is 0 Å². The number of likely N-dealkylation sites (tertiary alicyclic amines) is 1. The largest absolute Gasteiger partial charge is 0.346 e. The number of nitrogens with zero attached hydrogens (tertiary/aromatic N) is 3. The molecule has 2 aliphatic heterocycles. The molecule has 6 atom stereocenters. The standard InChI is InChI=1S/C38H53N7O7/c1-10-14-40-31(48)28(46)24(16-20-11-12-20)41-30(47)27-26-23(38(26,8)9)18-44(27)34(51)29(37(5,6)7)43-35(52)42-25(36(2,3)4)19-45-32(49)21-13-15-39-17-22(21)33(45)50/h10,13,15,17,20,23-27,29H,1,11-12,14,16,18-19H2,2-9H3,(H,40,48)(H,41,47)(H2,42,43,52)/t23-,24?,25+,26-,27-,29+/m0/s1. The minimum absolute atomic E-state index is 0.0373. The number of urea groups is 1. The molecule has 1 saturated heterocycles. The second-order valence-corrected chi connectivity index (χ2v) is 17.5. The van der Waals surface area contributed by atoms with Gasteiger partial charge in [0.05, 0.1) is 29.8 Å². The molecule has 0 radical (unpaired) electrons. The van der Waals surface area contributed by atoms with Crippen LogP contribution in [0, 0.1) is 34.0 Å². The molecule has 1 unspecified atom stereocenters. The first kappa shape index (κ1) is 38.6. The van der Waals surface area contributed by atoms with Crippen LogP contribution in [0.2, 0.25) is 0 Å². The molecule has 0 spiro atoms. The van der Waals surface area contributed by atoms with Crippen molar-refractivity contribution in [1.82, 2.24) is 36.1 Å². The highest BCUT2D eigenvalue weighted by Crippen LogP contribution is 2.65. The van der Waals surface area contributed by atoms with E-state index in [0.717, 1.165) is 17.7 Å². The maximum absolute atomic E-state index is 14.5. The van der Waals surface area contributed by atoms with E-state index in [4.69, 9.17) is 0 Å². The zero-order valence-corrected chi connectivity index (χ0v) is 31.5. The zero-order valence-electron chi connectivity index (χ0n) is 31.5. The van der Waals surface area contributed by atoms with Gasteiger partial charge in [-0.15, -0.1) is 6.58 Å². The van der Waals surface area contributed by atoms with Gasteiger partial charge in [-0.05, 0) is 46.5 Å². The number of piperidine rings is 1. The van der Waals surface area contributed by atoms with Crippen LogP contribution in [0.1, 0.15) is 95.4 Å². The van der Waals surface area contributed by atoms with Crippen LogP contribution in [0.5, 0.6) is 0 Å². The van der Waals surface area contributed by atoms with Gasteiger partial charge in [0.25, 0.3) is 17.7 Å². The number of carbonyl (C=O) groups excluding carboxylic acids is 7. The quantitative estimate of drug-likeness (QED) is 0.136. The lowest BCUT2D eigenvalue weighted by molar-refractivity contribution is -0.145. The van der Waals surface area contributed by atoms with Gasteiger partial charge in [-0.3, -0.25) is 38.7 Å².